The minimum absolute atomic E-state index is 0.156. The lowest BCUT2D eigenvalue weighted by Gasteiger charge is -2.14. The molecule has 1 amide bonds. The number of para-hydroxylation sites is 1. The van der Waals surface area contributed by atoms with Gasteiger partial charge in [0, 0.05) is 30.8 Å². The number of carbonyl (C=O) groups is 1. The maximum Gasteiger partial charge on any atom is 0.272 e. The molecule has 1 aliphatic rings. The van der Waals surface area contributed by atoms with Crippen molar-refractivity contribution in [3.05, 3.63) is 46.8 Å². The first-order valence-electron chi connectivity index (χ1n) is 8.43. The number of aromatic nitrogens is 2. The van der Waals surface area contributed by atoms with Gasteiger partial charge >= 0.3 is 0 Å². The number of amides is 1. The fraction of sp³-hybridized carbons (Fsp3) is 0.444. The van der Waals surface area contributed by atoms with Crippen molar-refractivity contribution in [3.8, 4) is 5.75 Å². The number of aromatic amines is 1. The second-order valence-electron chi connectivity index (χ2n) is 6.25. The zero-order chi connectivity index (χ0) is 16.9. The molecule has 2 aromatic rings. The molecule has 24 heavy (non-hydrogen) atoms. The van der Waals surface area contributed by atoms with Crippen molar-refractivity contribution in [1.29, 1.82) is 0 Å². The Morgan fingerprint density at radius 2 is 2.21 bits per heavy atom. The molecule has 128 valence electrons. The Bertz CT molecular complexity index is 709. The van der Waals surface area contributed by atoms with Crippen molar-refractivity contribution in [2.24, 2.45) is 0 Å². The van der Waals surface area contributed by atoms with Crippen LogP contribution in [0, 0.1) is 0 Å². The molecule has 0 unspecified atom stereocenters. The lowest BCUT2D eigenvalue weighted by atomic mass is 10.0. The topological polar surface area (TPSA) is 79.0 Å². The smallest absolute Gasteiger partial charge is 0.272 e. The Hall–Kier alpha value is -2.34. The van der Waals surface area contributed by atoms with E-state index >= 15 is 0 Å². The van der Waals surface area contributed by atoms with Crippen LogP contribution in [0.5, 0.6) is 5.75 Å². The third-order valence-corrected chi connectivity index (χ3v) is 4.21. The van der Waals surface area contributed by atoms with Gasteiger partial charge in [0.15, 0.2) is 5.69 Å². The minimum Gasteiger partial charge on any atom is -0.491 e. The van der Waals surface area contributed by atoms with Crippen LogP contribution in [0.25, 0.3) is 0 Å². The van der Waals surface area contributed by atoms with Gasteiger partial charge in [0.2, 0.25) is 0 Å². The molecule has 0 bridgehead atoms. The molecule has 2 heterocycles. The summed E-state index contributed by atoms with van der Waals surface area (Å²) in [7, 11) is 0. The highest BCUT2D eigenvalue weighted by atomic mass is 16.5. The van der Waals surface area contributed by atoms with E-state index in [0.29, 0.717) is 31.3 Å². The van der Waals surface area contributed by atoms with Crippen LogP contribution >= 0.6 is 0 Å². The van der Waals surface area contributed by atoms with Gasteiger partial charge in [0.1, 0.15) is 12.4 Å². The summed E-state index contributed by atoms with van der Waals surface area (Å²) in [5.41, 5.74) is 3.70. The van der Waals surface area contributed by atoms with E-state index in [1.165, 1.54) is 5.56 Å². The van der Waals surface area contributed by atoms with Crippen molar-refractivity contribution < 1.29 is 9.53 Å². The maximum absolute atomic E-state index is 12.3. The van der Waals surface area contributed by atoms with E-state index in [2.05, 4.69) is 40.7 Å². The first-order valence-corrected chi connectivity index (χ1v) is 8.43. The molecular formula is C18H24N4O2. The number of benzene rings is 1. The molecule has 1 aromatic carbocycles. The van der Waals surface area contributed by atoms with E-state index in [-0.39, 0.29) is 5.91 Å². The van der Waals surface area contributed by atoms with E-state index in [1.54, 1.807) is 0 Å². The van der Waals surface area contributed by atoms with Gasteiger partial charge in [-0.15, -0.1) is 0 Å². The highest BCUT2D eigenvalue weighted by Gasteiger charge is 2.21. The fourth-order valence-corrected chi connectivity index (χ4v) is 2.91. The van der Waals surface area contributed by atoms with Crippen LogP contribution in [0.3, 0.4) is 0 Å². The fourth-order valence-electron chi connectivity index (χ4n) is 2.91. The van der Waals surface area contributed by atoms with Crippen LogP contribution in [-0.4, -0.2) is 35.8 Å². The summed E-state index contributed by atoms with van der Waals surface area (Å²) in [5, 5.41) is 13.3. The van der Waals surface area contributed by atoms with E-state index in [0.717, 1.165) is 30.0 Å². The van der Waals surface area contributed by atoms with Gasteiger partial charge in [-0.1, -0.05) is 32.0 Å². The van der Waals surface area contributed by atoms with Crippen molar-refractivity contribution in [2.45, 2.75) is 32.7 Å². The molecule has 1 aliphatic heterocycles. The summed E-state index contributed by atoms with van der Waals surface area (Å²) in [6.45, 7) is 6.75. The number of nitrogens with zero attached hydrogens (tertiary/aromatic N) is 1. The second-order valence-corrected chi connectivity index (χ2v) is 6.25. The van der Waals surface area contributed by atoms with Gasteiger partial charge in [-0.2, -0.15) is 5.10 Å². The Labute approximate surface area is 142 Å². The van der Waals surface area contributed by atoms with Crippen LogP contribution in [0.4, 0.5) is 0 Å². The molecule has 1 aromatic heterocycles. The van der Waals surface area contributed by atoms with Gasteiger partial charge in [-0.25, -0.2) is 0 Å². The standard InChI is InChI=1S/C18H24N4O2/c1-12(2)13-5-3-4-6-16(13)24-10-9-20-18(23)17-14-11-19-8-7-15(14)21-22-17/h3-6,12,19H,7-11H2,1-2H3,(H,20,23)(H,21,22). The minimum atomic E-state index is -0.156. The monoisotopic (exact) mass is 328 g/mol. The van der Waals surface area contributed by atoms with Crippen molar-refractivity contribution in [2.75, 3.05) is 19.7 Å². The van der Waals surface area contributed by atoms with Crippen molar-refractivity contribution in [3.63, 3.8) is 0 Å². The number of ether oxygens (including phenoxy) is 1. The van der Waals surface area contributed by atoms with E-state index in [4.69, 9.17) is 4.74 Å². The Morgan fingerprint density at radius 3 is 3.04 bits per heavy atom. The number of nitrogens with one attached hydrogen (secondary N) is 3. The summed E-state index contributed by atoms with van der Waals surface area (Å²) >= 11 is 0. The quantitative estimate of drug-likeness (QED) is 0.709. The van der Waals surface area contributed by atoms with Gasteiger partial charge in [0.25, 0.3) is 5.91 Å². The molecule has 0 aliphatic carbocycles. The molecule has 0 radical (unpaired) electrons. The van der Waals surface area contributed by atoms with Crippen LogP contribution in [0.2, 0.25) is 0 Å². The largest absolute Gasteiger partial charge is 0.491 e. The zero-order valence-corrected chi connectivity index (χ0v) is 14.2. The lowest BCUT2D eigenvalue weighted by Crippen LogP contribution is -2.31. The average molecular weight is 328 g/mol. The van der Waals surface area contributed by atoms with E-state index < -0.39 is 0 Å². The molecule has 0 saturated heterocycles. The number of carbonyl (C=O) groups excluding carboxylic acids is 1. The summed E-state index contributed by atoms with van der Waals surface area (Å²) < 4.78 is 5.82. The maximum atomic E-state index is 12.3. The summed E-state index contributed by atoms with van der Waals surface area (Å²) in [6, 6.07) is 8.01. The molecule has 0 saturated carbocycles. The van der Waals surface area contributed by atoms with Gasteiger partial charge in [-0.05, 0) is 17.5 Å². The molecule has 0 atom stereocenters. The molecule has 0 fully saturated rings. The van der Waals surface area contributed by atoms with Crippen LogP contribution in [0.15, 0.2) is 24.3 Å². The van der Waals surface area contributed by atoms with Gasteiger partial charge < -0.3 is 15.4 Å². The van der Waals surface area contributed by atoms with Gasteiger partial charge in [0.05, 0.1) is 6.54 Å². The molecule has 0 spiro atoms. The van der Waals surface area contributed by atoms with Gasteiger partial charge in [-0.3, -0.25) is 9.89 Å². The van der Waals surface area contributed by atoms with E-state index in [9.17, 15) is 4.79 Å². The summed E-state index contributed by atoms with van der Waals surface area (Å²) in [6.07, 6.45) is 0.880. The van der Waals surface area contributed by atoms with Crippen LogP contribution in [-0.2, 0) is 13.0 Å². The third-order valence-electron chi connectivity index (χ3n) is 4.21. The highest BCUT2D eigenvalue weighted by Crippen LogP contribution is 2.25. The number of hydrogen-bond donors (Lipinski definition) is 3. The lowest BCUT2D eigenvalue weighted by molar-refractivity contribution is 0.0940. The first-order chi connectivity index (χ1) is 11.7. The Balaban J connectivity index is 1.52. The second kappa shape index (κ2) is 7.49. The number of hydrogen-bond acceptors (Lipinski definition) is 4. The van der Waals surface area contributed by atoms with Crippen LogP contribution in [0.1, 0.15) is 47.1 Å². The third kappa shape index (κ3) is 3.59. The molecular weight excluding hydrogens is 304 g/mol. The summed E-state index contributed by atoms with van der Waals surface area (Å²) in [4.78, 5) is 12.3. The average Bonchev–Trinajstić information content (AvgIpc) is 3.03. The molecule has 6 heteroatoms. The Kier molecular flexibility index (Phi) is 5.15. The normalized spacial score (nSPS) is 13.6. The predicted octanol–water partition coefficient (Wildman–Crippen LogP) is 1.99. The SMILES string of the molecule is CC(C)c1ccccc1OCCNC(=O)c1n[nH]c2c1CNCC2. The molecule has 3 N–H and O–H groups in total. The molecule has 3 rings (SSSR count). The number of fused-ring (bicyclic) bond motifs is 1. The van der Waals surface area contributed by atoms with Crippen LogP contribution < -0.4 is 15.4 Å². The summed E-state index contributed by atoms with van der Waals surface area (Å²) in [5.74, 6) is 1.12. The number of H-pyrrole nitrogens is 1. The molecule has 6 nitrogen and oxygen atoms in total. The highest BCUT2D eigenvalue weighted by molar-refractivity contribution is 5.94. The van der Waals surface area contributed by atoms with E-state index in [1.807, 2.05) is 18.2 Å². The zero-order valence-electron chi connectivity index (χ0n) is 14.2. The Morgan fingerprint density at radius 1 is 1.38 bits per heavy atom. The number of rotatable bonds is 6. The van der Waals surface area contributed by atoms with Crippen molar-refractivity contribution >= 4 is 5.91 Å². The first kappa shape index (κ1) is 16.5. The predicted molar refractivity (Wildman–Crippen MR) is 92.4 cm³/mol. The van der Waals surface area contributed by atoms with Crippen molar-refractivity contribution in [1.82, 2.24) is 20.8 Å².